The maximum absolute atomic E-state index is 12.8. The second-order valence-corrected chi connectivity index (χ2v) is 11.0. The molecule has 0 saturated carbocycles. The van der Waals surface area contributed by atoms with Gasteiger partial charge in [-0.15, -0.1) is 0 Å². The van der Waals surface area contributed by atoms with E-state index in [2.05, 4.69) is 31.7 Å². The highest BCUT2D eigenvalue weighted by Crippen LogP contribution is 2.22. The lowest BCUT2D eigenvalue weighted by Crippen LogP contribution is -2.51. The number of aryl methyl sites for hydroxylation is 1. The molecular formula is C21H33N7O4S. The zero-order valence-corrected chi connectivity index (χ0v) is 20.3. The number of hydrogen-bond donors (Lipinski definition) is 0. The van der Waals surface area contributed by atoms with Gasteiger partial charge in [-0.1, -0.05) is 0 Å². The smallest absolute Gasteiger partial charge is 0.229 e. The molecule has 2 amide bonds. The molecule has 0 atom stereocenters. The van der Waals surface area contributed by atoms with E-state index in [1.807, 2.05) is 13.0 Å². The maximum atomic E-state index is 12.8. The van der Waals surface area contributed by atoms with Gasteiger partial charge in [0.05, 0.1) is 5.75 Å². The van der Waals surface area contributed by atoms with Crippen molar-refractivity contribution in [2.75, 3.05) is 81.5 Å². The van der Waals surface area contributed by atoms with Crippen LogP contribution in [0.4, 0.5) is 11.6 Å². The van der Waals surface area contributed by atoms with Crippen molar-refractivity contribution in [1.29, 1.82) is 0 Å². The van der Waals surface area contributed by atoms with Gasteiger partial charge in [0.15, 0.2) is 0 Å². The first-order chi connectivity index (χ1) is 15.7. The van der Waals surface area contributed by atoms with E-state index in [9.17, 15) is 18.0 Å². The van der Waals surface area contributed by atoms with Gasteiger partial charge in [-0.2, -0.15) is 4.31 Å². The summed E-state index contributed by atoms with van der Waals surface area (Å²) in [5.41, 5.74) is 0. The Kier molecular flexibility index (Phi) is 7.15. The molecule has 3 aliphatic heterocycles. The SMILES string of the molecule is Cc1nc(N2CCN(C)CC2)cc(N2CCN(S(=O)(=O)CCN3C(=O)CCCC3=O)CC2)n1. The lowest BCUT2D eigenvalue weighted by molar-refractivity contribution is -0.147. The topological polar surface area (TPSA) is 110 Å². The van der Waals surface area contributed by atoms with Crippen molar-refractivity contribution >= 4 is 33.5 Å². The van der Waals surface area contributed by atoms with Crippen LogP contribution in [0.15, 0.2) is 6.07 Å². The number of hydrogen-bond acceptors (Lipinski definition) is 9. The van der Waals surface area contributed by atoms with Crippen molar-refractivity contribution in [1.82, 2.24) is 24.1 Å². The summed E-state index contributed by atoms with van der Waals surface area (Å²) < 4.78 is 27.2. The number of likely N-dealkylation sites (tertiary alicyclic amines) is 1. The van der Waals surface area contributed by atoms with Crippen LogP contribution in [-0.2, 0) is 19.6 Å². The predicted molar refractivity (Wildman–Crippen MR) is 125 cm³/mol. The summed E-state index contributed by atoms with van der Waals surface area (Å²) in [6.45, 7) is 7.37. The van der Waals surface area contributed by atoms with Gasteiger partial charge in [0, 0.05) is 77.8 Å². The number of piperidine rings is 1. The number of carbonyl (C=O) groups excluding carboxylic acids is 2. The number of piperazine rings is 2. The van der Waals surface area contributed by atoms with Gasteiger partial charge >= 0.3 is 0 Å². The predicted octanol–water partition coefficient (Wildman–Crippen LogP) is -0.472. The van der Waals surface area contributed by atoms with Gasteiger partial charge in [0.2, 0.25) is 21.8 Å². The third-order valence-corrected chi connectivity index (χ3v) is 8.40. The third-order valence-electron chi connectivity index (χ3n) is 6.55. The molecule has 0 bridgehead atoms. The van der Waals surface area contributed by atoms with Gasteiger partial charge in [-0.25, -0.2) is 18.4 Å². The van der Waals surface area contributed by atoms with E-state index in [0.29, 0.717) is 51.3 Å². The molecule has 1 aromatic heterocycles. The van der Waals surface area contributed by atoms with Gasteiger partial charge in [0.1, 0.15) is 17.5 Å². The molecule has 1 aromatic rings. The first-order valence-corrected chi connectivity index (χ1v) is 13.2. The summed E-state index contributed by atoms with van der Waals surface area (Å²) in [5, 5.41) is 0. The van der Waals surface area contributed by atoms with Crippen LogP contribution in [0.3, 0.4) is 0 Å². The molecule has 4 heterocycles. The van der Waals surface area contributed by atoms with E-state index >= 15 is 0 Å². The van der Waals surface area contributed by atoms with Crippen molar-refractivity contribution in [3.8, 4) is 0 Å². The lowest BCUT2D eigenvalue weighted by Gasteiger charge is -2.36. The Bertz CT molecular complexity index is 970. The minimum absolute atomic E-state index is 0.0697. The molecule has 182 valence electrons. The average molecular weight is 480 g/mol. The number of anilines is 2. The number of imide groups is 1. The molecule has 3 saturated heterocycles. The van der Waals surface area contributed by atoms with Gasteiger partial charge in [-0.3, -0.25) is 14.5 Å². The van der Waals surface area contributed by atoms with E-state index in [-0.39, 0.29) is 24.1 Å². The molecule has 0 unspecified atom stereocenters. The fourth-order valence-electron chi connectivity index (χ4n) is 4.48. The molecule has 3 fully saturated rings. The highest BCUT2D eigenvalue weighted by molar-refractivity contribution is 7.89. The Balaban J connectivity index is 1.35. The molecule has 12 heteroatoms. The van der Waals surface area contributed by atoms with Crippen LogP contribution in [0.25, 0.3) is 0 Å². The van der Waals surface area contributed by atoms with E-state index in [1.165, 1.54) is 4.31 Å². The summed E-state index contributed by atoms with van der Waals surface area (Å²) in [6, 6.07) is 2.00. The summed E-state index contributed by atoms with van der Waals surface area (Å²) in [7, 11) is -1.44. The molecule has 4 rings (SSSR count). The van der Waals surface area contributed by atoms with Crippen LogP contribution in [0, 0.1) is 6.92 Å². The number of carbonyl (C=O) groups is 2. The Morgan fingerprint density at radius 2 is 1.36 bits per heavy atom. The summed E-state index contributed by atoms with van der Waals surface area (Å²) in [5.74, 6) is 1.65. The second-order valence-electron chi connectivity index (χ2n) is 8.92. The van der Waals surface area contributed by atoms with Crippen molar-refractivity contribution in [3.05, 3.63) is 11.9 Å². The van der Waals surface area contributed by atoms with Crippen LogP contribution >= 0.6 is 0 Å². The minimum Gasteiger partial charge on any atom is -0.354 e. The first kappa shape index (κ1) is 23.8. The summed E-state index contributed by atoms with van der Waals surface area (Å²) in [4.78, 5) is 40.9. The van der Waals surface area contributed by atoms with E-state index in [1.54, 1.807) is 0 Å². The monoisotopic (exact) mass is 479 g/mol. The molecule has 11 nitrogen and oxygen atoms in total. The van der Waals surface area contributed by atoms with Crippen molar-refractivity contribution in [2.45, 2.75) is 26.2 Å². The molecule has 33 heavy (non-hydrogen) atoms. The Morgan fingerprint density at radius 1 is 0.848 bits per heavy atom. The molecule has 0 radical (unpaired) electrons. The fraction of sp³-hybridized carbons (Fsp3) is 0.714. The van der Waals surface area contributed by atoms with Gasteiger partial charge in [0.25, 0.3) is 0 Å². The highest BCUT2D eigenvalue weighted by atomic mass is 32.2. The second kappa shape index (κ2) is 9.90. The first-order valence-electron chi connectivity index (χ1n) is 11.6. The Hall–Kier alpha value is -2.31. The fourth-order valence-corrected chi connectivity index (χ4v) is 5.87. The van der Waals surface area contributed by atoms with Crippen molar-refractivity contribution in [3.63, 3.8) is 0 Å². The minimum atomic E-state index is -3.56. The average Bonchev–Trinajstić information content (AvgIpc) is 2.79. The van der Waals surface area contributed by atoms with Crippen molar-refractivity contribution in [2.24, 2.45) is 0 Å². The Morgan fingerprint density at radius 3 is 1.91 bits per heavy atom. The number of likely N-dealkylation sites (N-methyl/N-ethyl adjacent to an activating group) is 1. The third kappa shape index (κ3) is 5.61. The molecule has 0 aromatic carbocycles. The van der Waals surface area contributed by atoms with Gasteiger partial charge in [-0.05, 0) is 20.4 Å². The zero-order valence-electron chi connectivity index (χ0n) is 19.4. The van der Waals surface area contributed by atoms with Crippen molar-refractivity contribution < 1.29 is 18.0 Å². The van der Waals surface area contributed by atoms with E-state index in [4.69, 9.17) is 0 Å². The number of nitrogens with zero attached hydrogens (tertiary/aromatic N) is 7. The number of sulfonamides is 1. The summed E-state index contributed by atoms with van der Waals surface area (Å²) >= 11 is 0. The highest BCUT2D eigenvalue weighted by Gasteiger charge is 2.31. The van der Waals surface area contributed by atoms with Gasteiger partial charge < -0.3 is 14.7 Å². The van der Waals surface area contributed by atoms with Crippen LogP contribution in [0.2, 0.25) is 0 Å². The molecule has 0 aliphatic carbocycles. The van der Waals surface area contributed by atoms with Crippen LogP contribution in [0.5, 0.6) is 0 Å². The Labute approximate surface area is 195 Å². The quantitative estimate of drug-likeness (QED) is 0.500. The molecule has 0 N–H and O–H groups in total. The van der Waals surface area contributed by atoms with Crippen LogP contribution in [-0.4, -0.2) is 116 Å². The standard InChI is InChI=1S/C21H33N7O4S/c1-17-22-18(25-8-6-24(2)7-9-25)16-19(23-17)26-10-12-27(13-11-26)33(31,32)15-14-28-20(29)4-3-5-21(28)30/h16H,3-15H2,1-2H3. The number of aromatic nitrogens is 2. The molecular weight excluding hydrogens is 446 g/mol. The summed E-state index contributed by atoms with van der Waals surface area (Å²) in [6.07, 6.45) is 1.15. The molecule has 0 spiro atoms. The lowest BCUT2D eigenvalue weighted by atomic mass is 10.1. The molecule has 3 aliphatic rings. The maximum Gasteiger partial charge on any atom is 0.229 e. The number of amides is 2. The van der Waals surface area contributed by atoms with E-state index < -0.39 is 10.0 Å². The van der Waals surface area contributed by atoms with Crippen LogP contribution < -0.4 is 9.80 Å². The van der Waals surface area contributed by atoms with E-state index in [0.717, 1.165) is 42.7 Å². The normalized spacial score (nSPS) is 21.7. The largest absolute Gasteiger partial charge is 0.354 e. The zero-order chi connectivity index (χ0) is 23.6. The van der Waals surface area contributed by atoms with Crippen LogP contribution in [0.1, 0.15) is 25.1 Å². The number of rotatable bonds is 6.